The molecule has 2 aliphatic heterocycles. The smallest absolute Gasteiger partial charge is 0.481 e. The van der Waals surface area contributed by atoms with Crippen molar-refractivity contribution in [1.82, 2.24) is 5.32 Å². The average Bonchev–Trinajstić information content (AvgIpc) is 2.99. The molecule has 4 bridgehead atoms. The van der Waals surface area contributed by atoms with Crippen molar-refractivity contribution >= 4 is 51.8 Å². The van der Waals surface area contributed by atoms with Gasteiger partial charge < -0.3 is 31.3 Å². The van der Waals surface area contributed by atoms with Gasteiger partial charge in [-0.2, -0.15) is 13.2 Å². The van der Waals surface area contributed by atoms with Crippen LogP contribution in [0.25, 0.3) is 10.8 Å². The van der Waals surface area contributed by atoms with Crippen molar-refractivity contribution in [3.63, 3.8) is 0 Å². The molecular weight excluding hydrogens is 621 g/mol. The lowest BCUT2D eigenvalue weighted by molar-refractivity contribution is -0.192. The fourth-order valence-electron chi connectivity index (χ4n) is 4.97. The highest BCUT2D eigenvalue weighted by Gasteiger charge is 2.38. The predicted octanol–water partition coefficient (Wildman–Crippen LogP) is 5.95. The van der Waals surface area contributed by atoms with Gasteiger partial charge in [-0.3, -0.25) is 14.9 Å². The number of hydrogen-bond acceptors (Lipinski definition) is 7. The van der Waals surface area contributed by atoms with E-state index in [0.29, 0.717) is 34.6 Å². The van der Waals surface area contributed by atoms with E-state index in [1.54, 1.807) is 24.3 Å². The Morgan fingerprint density at radius 2 is 1.70 bits per heavy atom. The number of rotatable bonds is 4. The molecule has 2 atom stereocenters. The van der Waals surface area contributed by atoms with Gasteiger partial charge in [-0.1, -0.05) is 48.5 Å². The molecule has 11 nitrogen and oxygen atoms in total. The molecule has 0 saturated heterocycles. The fourth-order valence-corrected chi connectivity index (χ4v) is 4.97. The minimum absolute atomic E-state index is 0.176. The average molecular weight is 653 g/mol. The number of aryl methyl sites for hydroxylation is 1. The zero-order valence-corrected chi connectivity index (χ0v) is 24.9. The van der Waals surface area contributed by atoms with Crippen LogP contribution >= 0.6 is 0 Å². The van der Waals surface area contributed by atoms with Crippen molar-refractivity contribution in [2.45, 2.75) is 38.0 Å². The zero-order chi connectivity index (χ0) is 34.3. The summed E-state index contributed by atoms with van der Waals surface area (Å²) in [5, 5.41) is 27.5. The van der Waals surface area contributed by atoms with E-state index in [1.165, 1.54) is 0 Å². The van der Waals surface area contributed by atoms with Crippen molar-refractivity contribution in [2.24, 2.45) is 0 Å². The number of fused-ring (bicyclic) bond motifs is 10. The van der Waals surface area contributed by atoms with Gasteiger partial charge in [0.25, 0.3) is 0 Å². The molecule has 0 aromatic heterocycles. The molecule has 2 aliphatic rings. The third-order valence-corrected chi connectivity index (χ3v) is 7.27. The maximum atomic E-state index is 13.9. The first-order chi connectivity index (χ1) is 22.2. The quantitative estimate of drug-likeness (QED) is 0.145. The first kappa shape index (κ1) is 34.1. The summed E-state index contributed by atoms with van der Waals surface area (Å²) in [6.45, 7) is 2.11. The summed E-state index contributed by atoms with van der Waals surface area (Å²) in [4.78, 5) is 46.9. The maximum absolute atomic E-state index is 13.9. The SMILES string of the molecule is Cc1cc2ccc1CCOC(=O)Nc1cccc(c1)C(CC(=O)O)NC(=O)[C@H]2Nc1ccc2c(N)cccc2c1.O=C(O)C(F)(F)F. The number of carboxylic acid groups (broad SMARTS) is 2. The summed E-state index contributed by atoms with van der Waals surface area (Å²) in [7, 11) is 0. The van der Waals surface area contributed by atoms with Gasteiger partial charge in [0.2, 0.25) is 5.91 Å². The summed E-state index contributed by atoms with van der Waals surface area (Å²) in [6.07, 6.45) is -5.53. The molecule has 1 unspecified atom stereocenters. The second-order valence-electron chi connectivity index (χ2n) is 10.6. The summed E-state index contributed by atoms with van der Waals surface area (Å²) in [5.74, 6) is -4.22. The van der Waals surface area contributed by atoms with E-state index in [0.717, 1.165) is 21.9 Å². The fraction of sp³-hybridized carbons (Fsp3) is 0.212. The Hall–Kier alpha value is -5.79. The molecule has 6 rings (SSSR count). The van der Waals surface area contributed by atoms with Gasteiger partial charge in [-0.05, 0) is 64.9 Å². The van der Waals surface area contributed by atoms with E-state index in [-0.39, 0.29) is 13.0 Å². The molecule has 2 amide bonds. The number of carboxylic acids is 2. The molecule has 4 aromatic rings. The van der Waals surface area contributed by atoms with Crippen LogP contribution in [0.3, 0.4) is 0 Å². The molecule has 246 valence electrons. The molecular formula is C33H31F3N4O7. The number of nitrogens with one attached hydrogen (secondary N) is 3. The molecule has 0 fully saturated rings. The van der Waals surface area contributed by atoms with Crippen LogP contribution in [0.15, 0.2) is 78.9 Å². The molecule has 2 heterocycles. The van der Waals surface area contributed by atoms with Crippen LogP contribution in [0.4, 0.5) is 35.0 Å². The number of alkyl halides is 3. The lowest BCUT2D eigenvalue weighted by Crippen LogP contribution is -2.37. The van der Waals surface area contributed by atoms with Crippen LogP contribution in [0.2, 0.25) is 0 Å². The number of aliphatic carboxylic acids is 2. The number of carbonyl (C=O) groups excluding carboxylic acids is 2. The number of hydrogen-bond donors (Lipinski definition) is 6. The molecule has 14 heteroatoms. The van der Waals surface area contributed by atoms with Crippen LogP contribution in [0, 0.1) is 6.92 Å². The standard InChI is InChI=1S/C31H30N4O5.C2HF3O2/c1-18-14-22-9-8-19(18)12-13-40-31(39)34-23-6-2-5-21(16-23)27(17-28(36)37)35-30(38)29(22)33-24-10-11-25-20(15-24)4-3-7-26(25)32;3-2(4,5)1(6)7/h2-11,14-16,27,29,33H,12-13,17,32H2,1H3,(H,34,39)(H,35,38)(H,36,37);(H,6,7)/t27?,29-;/m0./s1. The van der Waals surface area contributed by atoms with Gasteiger partial charge in [-0.25, -0.2) is 9.59 Å². The van der Waals surface area contributed by atoms with E-state index in [2.05, 4.69) is 16.0 Å². The Morgan fingerprint density at radius 1 is 0.979 bits per heavy atom. The second-order valence-corrected chi connectivity index (χ2v) is 10.6. The molecule has 0 spiro atoms. The minimum Gasteiger partial charge on any atom is -0.481 e. The van der Waals surface area contributed by atoms with Gasteiger partial charge >= 0.3 is 24.2 Å². The van der Waals surface area contributed by atoms with E-state index in [9.17, 15) is 32.7 Å². The number of anilines is 3. The highest BCUT2D eigenvalue weighted by atomic mass is 19.4. The van der Waals surface area contributed by atoms with E-state index >= 15 is 0 Å². The van der Waals surface area contributed by atoms with Gasteiger partial charge in [-0.15, -0.1) is 0 Å². The van der Waals surface area contributed by atoms with Crippen molar-refractivity contribution in [3.8, 4) is 0 Å². The number of carbonyl (C=O) groups is 4. The van der Waals surface area contributed by atoms with Crippen molar-refractivity contribution in [3.05, 3.63) is 101 Å². The first-order valence-corrected chi connectivity index (χ1v) is 14.2. The van der Waals surface area contributed by atoms with Gasteiger partial charge in [0.05, 0.1) is 19.1 Å². The van der Waals surface area contributed by atoms with Crippen LogP contribution in [0.1, 0.15) is 40.8 Å². The van der Waals surface area contributed by atoms with E-state index < -0.39 is 42.2 Å². The number of nitrogen functional groups attached to an aromatic ring is 1. The normalized spacial score (nSPS) is 16.6. The number of nitrogens with two attached hydrogens (primary N) is 1. The van der Waals surface area contributed by atoms with E-state index in [1.807, 2.05) is 61.5 Å². The molecule has 47 heavy (non-hydrogen) atoms. The topological polar surface area (TPSA) is 180 Å². The number of halogens is 3. The summed E-state index contributed by atoms with van der Waals surface area (Å²) in [6, 6.07) is 22.1. The lowest BCUT2D eigenvalue weighted by atomic mass is 9.96. The van der Waals surface area contributed by atoms with Gasteiger partial charge in [0.1, 0.15) is 6.04 Å². The largest absolute Gasteiger partial charge is 0.490 e. The third kappa shape index (κ3) is 9.12. The van der Waals surface area contributed by atoms with Crippen molar-refractivity contribution in [2.75, 3.05) is 23.0 Å². The van der Waals surface area contributed by atoms with Crippen LogP contribution in [-0.4, -0.2) is 46.9 Å². The highest BCUT2D eigenvalue weighted by molar-refractivity contribution is 5.95. The van der Waals surface area contributed by atoms with Crippen LogP contribution in [0.5, 0.6) is 0 Å². The Labute approximate surface area is 266 Å². The molecule has 0 saturated carbocycles. The summed E-state index contributed by atoms with van der Waals surface area (Å²) < 4.78 is 37.1. The summed E-state index contributed by atoms with van der Waals surface area (Å²) >= 11 is 0. The maximum Gasteiger partial charge on any atom is 0.490 e. The highest BCUT2D eigenvalue weighted by Crippen LogP contribution is 2.29. The lowest BCUT2D eigenvalue weighted by Gasteiger charge is -2.25. The zero-order valence-electron chi connectivity index (χ0n) is 24.9. The summed E-state index contributed by atoms with van der Waals surface area (Å²) in [5.41, 5.74) is 11.1. The Bertz CT molecular complexity index is 1810. The monoisotopic (exact) mass is 652 g/mol. The first-order valence-electron chi connectivity index (χ1n) is 14.2. The Balaban J connectivity index is 0.000000644. The Kier molecular flexibility index (Phi) is 10.5. The number of amides is 2. The van der Waals surface area contributed by atoms with Crippen LogP contribution in [-0.2, 0) is 25.5 Å². The molecule has 0 aliphatic carbocycles. The second kappa shape index (κ2) is 14.5. The predicted molar refractivity (Wildman–Crippen MR) is 168 cm³/mol. The van der Waals surface area contributed by atoms with Crippen LogP contribution < -0.4 is 21.7 Å². The molecule has 4 aromatic carbocycles. The third-order valence-electron chi connectivity index (χ3n) is 7.27. The van der Waals surface area contributed by atoms with E-state index in [4.69, 9.17) is 20.4 Å². The van der Waals surface area contributed by atoms with Gasteiger partial charge in [0.15, 0.2) is 0 Å². The minimum atomic E-state index is -5.08. The van der Waals surface area contributed by atoms with Gasteiger partial charge in [0, 0.05) is 28.9 Å². The van der Waals surface area contributed by atoms with Crippen molar-refractivity contribution in [1.29, 1.82) is 0 Å². The molecule has 7 N–H and O–H groups in total. The number of benzene rings is 4. The number of ether oxygens (including phenoxy) is 1. The molecule has 0 radical (unpaired) electrons. The van der Waals surface area contributed by atoms with Crippen molar-refractivity contribution < 1.29 is 47.3 Å². The Morgan fingerprint density at radius 3 is 2.38 bits per heavy atom.